The largest absolute Gasteiger partial charge is 0.465 e. The third-order valence-electron chi connectivity index (χ3n) is 1.94. The van der Waals surface area contributed by atoms with Crippen molar-refractivity contribution in [3.8, 4) is 11.8 Å². The van der Waals surface area contributed by atoms with E-state index in [1.807, 2.05) is 0 Å². The molecule has 0 aliphatic carbocycles. The highest BCUT2D eigenvalue weighted by Gasteiger charge is 2.08. The van der Waals surface area contributed by atoms with E-state index in [4.69, 9.17) is 5.26 Å². The lowest BCUT2D eigenvalue weighted by Gasteiger charge is -2.04. The monoisotopic (exact) mass is 253 g/mol. The Morgan fingerprint density at radius 2 is 2.00 bits per heavy atom. The van der Waals surface area contributed by atoms with Gasteiger partial charge in [-0.2, -0.15) is 14.0 Å². The average molecular weight is 253 g/mol. The van der Waals surface area contributed by atoms with E-state index in [9.17, 15) is 13.6 Å². The van der Waals surface area contributed by atoms with Gasteiger partial charge in [0.2, 0.25) is 0 Å². The van der Waals surface area contributed by atoms with Crippen molar-refractivity contribution < 1.29 is 23.0 Å². The summed E-state index contributed by atoms with van der Waals surface area (Å²) in [5, 5.41) is 8.72. The van der Waals surface area contributed by atoms with Crippen molar-refractivity contribution in [1.29, 1.82) is 5.26 Å². The molecule has 1 aromatic rings. The van der Waals surface area contributed by atoms with Crippen LogP contribution in [0.2, 0.25) is 0 Å². The summed E-state index contributed by atoms with van der Waals surface area (Å²) in [6.45, 7) is -2.89. The summed E-state index contributed by atoms with van der Waals surface area (Å²) in [4.78, 5) is 11.1. The molecule has 0 aliphatic heterocycles. The second kappa shape index (κ2) is 6.35. The molecule has 0 atom stereocenters. The summed E-state index contributed by atoms with van der Waals surface area (Å²) in [6.07, 6.45) is 1.29. The first-order chi connectivity index (χ1) is 8.56. The van der Waals surface area contributed by atoms with E-state index in [-0.39, 0.29) is 11.3 Å². The van der Waals surface area contributed by atoms with E-state index in [1.165, 1.54) is 30.3 Å². The van der Waals surface area contributed by atoms with E-state index in [0.717, 1.165) is 7.11 Å². The van der Waals surface area contributed by atoms with Crippen LogP contribution in [-0.2, 0) is 9.53 Å². The van der Waals surface area contributed by atoms with Crippen LogP contribution in [0.4, 0.5) is 8.78 Å². The third kappa shape index (κ3) is 3.87. The standard InChI is InChI=1S/C12H9F2NO3/c1-17-11(16)9(7-15)6-8-2-4-10(5-3-8)18-12(13)14/h2-6,12H,1H3/b9-6-. The second-order valence-electron chi connectivity index (χ2n) is 3.11. The van der Waals surface area contributed by atoms with Gasteiger partial charge in [-0.15, -0.1) is 0 Å². The average Bonchev–Trinajstić information content (AvgIpc) is 2.36. The molecule has 0 unspecified atom stereocenters. The topological polar surface area (TPSA) is 59.3 Å². The molecule has 1 aromatic carbocycles. The molecule has 0 saturated carbocycles. The Labute approximate surface area is 102 Å². The van der Waals surface area contributed by atoms with Crippen molar-refractivity contribution in [3.63, 3.8) is 0 Å². The Kier molecular flexibility index (Phi) is 4.81. The van der Waals surface area contributed by atoms with Crippen LogP contribution in [0.5, 0.6) is 5.75 Å². The van der Waals surface area contributed by atoms with E-state index in [1.54, 1.807) is 6.07 Å². The minimum Gasteiger partial charge on any atom is -0.465 e. The number of benzene rings is 1. The Hall–Kier alpha value is -2.42. The molecule has 0 heterocycles. The number of halogens is 2. The highest BCUT2D eigenvalue weighted by molar-refractivity contribution is 5.97. The van der Waals surface area contributed by atoms with Crippen LogP contribution in [0.25, 0.3) is 6.08 Å². The van der Waals surface area contributed by atoms with Crippen LogP contribution in [-0.4, -0.2) is 19.7 Å². The Morgan fingerprint density at radius 3 is 2.44 bits per heavy atom. The molecule has 0 fully saturated rings. The van der Waals surface area contributed by atoms with Gasteiger partial charge in [0.15, 0.2) is 0 Å². The first-order valence-corrected chi connectivity index (χ1v) is 4.82. The molecule has 0 radical (unpaired) electrons. The molecule has 0 N–H and O–H groups in total. The smallest absolute Gasteiger partial charge is 0.387 e. The fourth-order valence-electron chi connectivity index (χ4n) is 1.16. The van der Waals surface area contributed by atoms with Crippen molar-refractivity contribution in [2.45, 2.75) is 6.61 Å². The van der Waals surface area contributed by atoms with Crippen LogP contribution >= 0.6 is 0 Å². The minimum absolute atomic E-state index is 0.00118. The molecule has 18 heavy (non-hydrogen) atoms. The molecule has 4 nitrogen and oxygen atoms in total. The highest BCUT2D eigenvalue weighted by atomic mass is 19.3. The predicted molar refractivity (Wildman–Crippen MR) is 58.7 cm³/mol. The minimum atomic E-state index is -2.89. The fourth-order valence-corrected chi connectivity index (χ4v) is 1.16. The van der Waals surface area contributed by atoms with Gasteiger partial charge in [-0.3, -0.25) is 0 Å². The molecule has 94 valence electrons. The van der Waals surface area contributed by atoms with E-state index in [2.05, 4.69) is 9.47 Å². The maximum atomic E-state index is 11.9. The molecule has 0 bridgehead atoms. The summed E-state index contributed by atoms with van der Waals surface area (Å²) in [5.41, 5.74) is 0.318. The van der Waals surface area contributed by atoms with Gasteiger partial charge in [-0.1, -0.05) is 12.1 Å². The zero-order chi connectivity index (χ0) is 13.5. The lowest BCUT2D eigenvalue weighted by Crippen LogP contribution is -2.03. The SMILES string of the molecule is COC(=O)/C(C#N)=C\c1ccc(OC(F)F)cc1. The number of ether oxygens (including phenoxy) is 2. The number of esters is 1. The normalized spacial score (nSPS) is 10.9. The first kappa shape index (κ1) is 13.6. The van der Waals surface area contributed by atoms with E-state index in [0.29, 0.717) is 5.56 Å². The van der Waals surface area contributed by atoms with Crippen molar-refractivity contribution >= 4 is 12.0 Å². The summed E-state index contributed by atoms with van der Waals surface area (Å²) in [6, 6.07) is 7.19. The predicted octanol–water partition coefficient (Wildman–Crippen LogP) is 2.37. The molecule has 6 heteroatoms. The maximum Gasteiger partial charge on any atom is 0.387 e. The van der Waals surface area contributed by atoms with Gasteiger partial charge in [0, 0.05) is 0 Å². The lowest BCUT2D eigenvalue weighted by molar-refractivity contribution is -0.135. The molecule has 0 saturated heterocycles. The number of carbonyl (C=O) groups is 1. The summed E-state index contributed by atoms with van der Waals surface area (Å²) < 4.78 is 32.4. The Balaban J connectivity index is 2.89. The van der Waals surface area contributed by atoms with Crippen molar-refractivity contribution in [3.05, 3.63) is 35.4 Å². The van der Waals surface area contributed by atoms with Crippen molar-refractivity contribution in [1.82, 2.24) is 0 Å². The van der Waals surface area contributed by atoms with E-state index >= 15 is 0 Å². The van der Waals surface area contributed by atoms with Gasteiger partial charge in [-0.05, 0) is 23.8 Å². The number of hydrogen-bond donors (Lipinski definition) is 0. The molecule has 0 spiro atoms. The number of carbonyl (C=O) groups excluding carboxylic acids is 1. The van der Waals surface area contributed by atoms with Gasteiger partial charge in [-0.25, -0.2) is 4.79 Å². The number of nitriles is 1. The number of methoxy groups -OCH3 is 1. The van der Waals surface area contributed by atoms with Gasteiger partial charge in [0.05, 0.1) is 7.11 Å². The van der Waals surface area contributed by atoms with Gasteiger partial charge in [0.1, 0.15) is 17.4 Å². The highest BCUT2D eigenvalue weighted by Crippen LogP contribution is 2.16. The fraction of sp³-hybridized carbons (Fsp3) is 0.167. The molecule has 0 aromatic heterocycles. The summed E-state index contributed by atoms with van der Waals surface area (Å²) in [7, 11) is 1.16. The molecule has 1 rings (SSSR count). The lowest BCUT2D eigenvalue weighted by atomic mass is 10.1. The van der Waals surface area contributed by atoms with Crippen LogP contribution in [0.15, 0.2) is 29.8 Å². The van der Waals surface area contributed by atoms with Crippen molar-refractivity contribution in [2.24, 2.45) is 0 Å². The van der Waals surface area contributed by atoms with Crippen LogP contribution in [0, 0.1) is 11.3 Å². The second-order valence-corrected chi connectivity index (χ2v) is 3.11. The molecular formula is C12H9F2NO3. The zero-order valence-electron chi connectivity index (χ0n) is 9.39. The number of alkyl halides is 2. The number of nitrogens with zero attached hydrogens (tertiary/aromatic N) is 1. The zero-order valence-corrected chi connectivity index (χ0v) is 9.39. The van der Waals surface area contributed by atoms with Crippen LogP contribution in [0.1, 0.15) is 5.56 Å². The van der Waals surface area contributed by atoms with Crippen LogP contribution in [0.3, 0.4) is 0 Å². The third-order valence-corrected chi connectivity index (χ3v) is 1.94. The van der Waals surface area contributed by atoms with Gasteiger partial charge < -0.3 is 9.47 Å². The van der Waals surface area contributed by atoms with Gasteiger partial charge in [0.25, 0.3) is 0 Å². The Morgan fingerprint density at radius 1 is 1.39 bits per heavy atom. The maximum absolute atomic E-state index is 11.9. The quantitative estimate of drug-likeness (QED) is 0.469. The number of rotatable bonds is 4. The Bertz CT molecular complexity index is 489. The summed E-state index contributed by atoms with van der Waals surface area (Å²) >= 11 is 0. The molecular weight excluding hydrogens is 244 g/mol. The molecule has 0 amide bonds. The molecule has 0 aliphatic rings. The van der Waals surface area contributed by atoms with Crippen LogP contribution < -0.4 is 4.74 Å². The summed E-state index contributed by atoms with van der Waals surface area (Å²) in [5.74, 6) is -0.760. The number of hydrogen-bond acceptors (Lipinski definition) is 4. The van der Waals surface area contributed by atoms with Crippen molar-refractivity contribution in [2.75, 3.05) is 7.11 Å². The van der Waals surface area contributed by atoms with E-state index < -0.39 is 12.6 Å². The van der Waals surface area contributed by atoms with Gasteiger partial charge >= 0.3 is 12.6 Å². The first-order valence-electron chi connectivity index (χ1n) is 4.82.